The van der Waals surface area contributed by atoms with Crippen LogP contribution >= 0.6 is 59.4 Å². The molecule has 0 fully saturated rings. The summed E-state index contributed by atoms with van der Waals surface area (Å²) in [6.45, 7) is 0. The third-order valence-corrected chi connectivity index (χ3v) is 4.10. The van der Waals surface area contributed by atoms with Gasteiger partial charge in [0, 0.05) is 14.0 Å². The molecule has 1 heterocycles. The van der Waals surface area contributed by atoms with Crippen LogP contribution < -0.4 is 5.32 Å². The van der Waals surface area contributed by atoms with Crippen LogP contribution in [0, 0.1) is 0 Å². The molecule has 19 heavy (non-hydrogen) atoms. The molecule has 0 atom stereocenters. The van der Waals surface area contributed by atoms with E-state index in [4.69, 9.17) is 11.6 Å². The van der Waals surface area contributed by atoms with Gasteiger partial charge in [-0.3, -0.25) is 4.79 Å². The van der Waals surface area contributed by atoms with Crippen molar-refractivity contribution in [3.63, 3.8) is 0 Å². The fourth-order valence-corrected chi connectivity index (χ4v) is 3.58. The van der Waals surface area contributed by atoms with E-state index in [0.717, 1.165) is 0 Å². The van der Waals surface area contributed by atoms with Gasteiger partial charge in [0.2, 0.25) is 0 Å². The van der Waals surface area contributed by atoms with Crippen molar-refractivity contribution < 1.29 is 4.79 Å². The zero-order valence-electron chi connectivity index (χ0n) is 9.25. The van der Waals surface area contributed by atoms with Gasteiger partial charge in [-0.15, -0.1) is 0 Å². The number of aromatic nitrogens is 1. The molecule has 7 heteroatoms. The number of pyridine rings is 1. The van der Waals surface area contributed by atoms with Gasteiger partial charge in [0.15, 0.2) is 0 Å². The molecule has 0 unspecified atom stereocenters. The third kappa shape index (κ3) is 3.78. The maximum absolute atomic E-state index is 12.1. The quantitative estimate of drug-likeness (QED) is 0.609. The van der Waals surface area contributed by atoms with Crippen LogP contribution in [0.1, 0.15) is 10.5 Å². The fourth-order valence-electron chi connectivity index (χ4n) is 1.37. The van der Waals surface area contributed by atoms with E-state index < -0.39 is 0 Å². The van der Waals surface area contributed by atoms with Gasteiger partial charge in [-0.25, -0.2) is 4.98 Å². The fraction of sp³-hybridized carbons (Fsp3) is 0. The first kappa shape index (κ1) is 15.0. The maximum atomic E-state index is 12.1. The summed E-state index contributed by atoms with van der Waals surface area (Å²) in [5.74, 6) is -0.301. The Morgan fingerprint density at radius 1 is 1.16 bits per heavy atom. The molecule has 2 aromatic rings. The molecule has 0 bridgehead atoms. The number of benzene rings is 1. The van der Waals surface area contributed by atoms with Crippen LogP contribution in [0.25, 0.3) is 0 Å². The normalized spacial score (nSPS) is 10.3. The molecule has 1 aromatic heterocycles. The Balaban J connectivity index is 2.29. The molecule has 0 spiro atoms. The second-order valence-electron chi connectivity index (χ2n) is 3.54. The van der Waals surface area contributed by atoms with Crippen LogP contribution in [-0.4, -0.2) is 10.9 Å². The summed E-state index contributed by atoms with van der Waals surface area (Å²) in [4.78, 5) is 16.2. The molecule has 3 nitrogen and oxygen atoms in total. The van der Waals surface area contributed by atoms with Crippen LogP contribution in [-0.2, 0) is 0 Å². The Kier molecular flexibility index (Phi) is 5.00. The number of carbonyl (C=O) groups excluding carboxylic acids is 1. The standard InChI is InChI=1S/C12H6Br3ClN2O/c13-7-4-6(16)5-8(14)11(7)18-12(19)9-2-1-3-10(15)17-9/h1-5H,(H,18,19). The lowest BCUT2D eigenvalue weighted by Crippen LogP contribution is -2.14. The molecule has 0 aliphatic rings. The van der Waals surface area contributed by atoms with Gasteiger partial charge in [0.05, 0.1) is 5.69 Å². The largest absolute Gasteiger partial charge is 0.319 e. The van der Waals surface area contributed by atoms with Crippen LogP contribution in [0.2, 0.25) is 5.02 Å². The van der Waals surface area contributed by atoms with Crippen molar-refractivity contribution in [1.82, 2.24) is 4.98 Å². The number of nitrogens with zero attached hydrogens (tertiary/aromatic N) is 1. The predicted molar refractivity (Wildman–Crippen MR) is 86.7 cm³/mol. The van der Waals surface area contributed by atoms with Crippen molar-refractivity contribution >= 4 is 71.0 Å². The summed E-state index contributed by atoms with van der Waals surface area (Å²) in [7, 11) is 0. The van der Waals surface area contributed by atoms with Gasteiger partial charge in [-0.05, 0) is 72.1 Å². The van der Waals surface area contributed by atoms with Gasteiger partial charge in [-0.1, -0.05) is 17.7 Å². The van der Waals surface area contributed by atoms with Crippen molar-refractivity contribution in [2.45, 2.75) is 0 Å². The maximum Gasteiger partial charge on any atom is 0.274 e. The number of nitrogens with one attached hydrogen (secondary N) is 1. The molecule has 1 aromatic carbocycles. The zero-order valence-corrected chi connectivity index (χ0v) is 14.8. The molecule has 1 N–H and O–H groups in total. The molecule has 1 amide bonds. The van der Waals surface area contributed by atoms with Gasteiger partial charge in [0.1, 0.15) is 10.3 Å². The number of carbonyl (C=O) groups is 1. The average molecular weight is 469 g/mol. The summed E-state index contributed by atoms with van der Waals surface area (Å²) in [5, 5.41) is 3.34. The summed E-state index contributed by atoms with van der Waals surface area (Å²) < 4.78 is 1.99. The highest BCUT2D eigenvalue weighted by Crippen LogP contribution is 2.34. The Morgan fingerprint density at radius 3 is 2.37 bits per heavy atom. The Hall–Kier alpha value is -0.430. The molecule has 0 saturated carbocycles. The molecular weight excluding hydrogens is 463 g/mol. The van der Waals surface area contributed by atoms with E-state index in [1.807, 2.05) is 0 Å². The summed E-state index contributed by atoms with van der Waals surface area (Å²) in [5.41, 5.74) is 0.930. The lowest BCUT2D eigenvalue weighted by molar-refractivity contribution is 0.102. The van der Waals surface area contributed by atoms with E-state index in [9.17, 15) is 4.79 Å². The van der Waals surface area contributed by atoms with E-state index in [2.05, 4.69) is 58.1 Å². The SMILES string of the molecule is O=C(Nc1c(Br)cc(Cl)cc1Br)c1cccc(Br)n1. The topological polar surface area (TPSA) is 42.0 Å². The highest BCUT2D eigenvalue weighted by atomic mass is 79.9. The van der Waals surface area contributed by atoms with E-state index in [-0.39, 0.29) is 5.91 Å². The van der Waals surface area contributed by atoms with Crippen LogP contribution in [0.4, 0.5) is 5.69 Å². The molecule has 2 rings (SSSR count). The number of hydrogen-bond donors (Lipinski definition) is 1. The highest BCUT2D eigenvalue weighted by molar-refractivity contribution is 9.11. The van der Waals surface area contributed by atoms with Crippen molar-refractivity contribution in [3.05, 3.63) is 54.6 Å². The minimum absolute atomic E-state index is 0.301. The summed E-state index contributed by atoms with van der Waals surface area (Å²) in [6, 6.07) is 8.55. The average Bonchev–Trinajstić information content (AvgIpc) is 2.33. The third-order valence-electron chi connectivity index (χ3n) is 2.19. The Bertz CT molecular complexity index is 626. The van der Waals surface area contributed by atoms with Crippen LogP contribution in [0.5, 0.6) is 0 Å². The summed E-state index contributed by atoms with van der Waals surface area (Å²) >= 11 is 15.8. The lowest BCUT2D eigenvalue weighted by atomic mass is 10.3. The first-order valence-electron chi connectivity index (χ1n) is 5.06. The smallest absolute Gasteiger partial charge is 0.274 e. The minimum Gasteiger partial charge on any atom is -0.319 e. The van der Waals surface area contributed by atoms with E-state index in [0.29, 0.717) is 30.0 Å². The van der Waals surface area contributed by atoms with Crippen molar-refractivity contribution in [3.8, 4) is 0 Å². The van der Waals surface area contributed by atoms with Crippen molar-refractivity contribution in [1.29, 1.82) is 0 Å². The summed E-state index contributed by atoms with van der Waals surface area (Å²) in [6.07, 6.45) is 0. The minimum atomic E-state index is -0.301. The van der Waals surface area contributed by atoms with E-state index in [1.54, 1.807) is 30.3 Å². The Morgan fingerprint density at radius 2 is 1.79 bits per heavy atom. The molecule has 98 valence electrons. The lowest BCUT2D eigenvalue weighted by Gasteiger charge is -2.10. The van der Waals surface area contributed by atoms with Gasteiger partial charge < -0.3 is 5.32 Å². The molecule has 0 aliphatic heterocycles. The number of halogens is 4. The van der Waals surface area contributed by atoms with Crippen LogP contribution in [0.3, 0.4) is 0 Å². The number of rotatable bonds is 2. The van der Waals surface area contributed by atoms with Crippen molar-refractivity contribution in [2.75, 3.05) is 5.32 Å². The monoisotopic (exact) mass is 466 g/mol. The number of hydrogen-bond acceptors (Lipinski definition) is 2. The molecule has 0 saturated heterocycles. The number of amides is 1. The van der Waals surface area contributed by atoms with E-state index in [1.165, 1.54) is 0 Å². The van der Waals surface area contributed by atoms with Crippen molar-refractivity contribution in [2.24, 2.45) is 0 Å². The second kappa shape index (κ2) is 6.35. The highest BCUT2D eigenvalue weighted by Gasteiger charge is 2.13. The first-order chi connectivity index (χ1) is 8.97. The Labute approximate surface area is 140 Å². The van der Waals surface area contributed by atoms with Gasteiger partial charge in [-0.2, -0.15) is 0 Å². The molecular formula is C12H6Br3ClN2O. The van der Waals surface area contributed by atoms with Crippen LogP contribution in [0.15, 0.2) is 43.9 Å². The van der Waals surface area contributed by atoms with Gasteiger partial charge in [0.25, 0.3) is 5.91 Å². The number of anilines is 1. The second-order valence-corrected chi connectivity index (χ2v) is 6.50. The molecule has 0 radical (unpaired) electrons. The molecule has 0 aliphatic carbocycles. The predicted octanol–water partition coefficient (Wildman–Crippen LogP) is 5.27. The van der Waals surface area contributed by atoms with E-state index >= 15 is 0 Å². The zero-order chi connectivity index (χ0) is 14.0. The first-order valence-corrected chi connectivity index (χ1v) is 7.81. The van der Waals surface area contributed by atoms with Gasteiger partial charge >= 0.3 is 0 Å².